The summed E-state index contributed by atoms with van der Waals surface area (Å²) < 4.78 is 13.1. The number of amides is 1. The van der Waals surface area contributed by atoms with E-state index in [0.29, 0.717) is 72.7 Å². The van der Waals surface area contributed by atoms with E-state index >= 15 is 0 Å². The summed E-state index contributed by atoms with van der Waals surface area (Å²) in [7, 11) is 0. The molecule has 0 bridgehead atoms. The molecule has 1 amide bonds. The van der Waals surface area contributed by atoms with Gasteiger partial charge in [0, 0.05) is 38.0 Å². The zero-order valence-corrected chi connectivity index (χ0v) is 19.2. The number of fused-ring (bicyclic) bond motifs is 1. The van der Waals surface area contributed by atoms with Crippen LogP contribution in [0.5, 0.6) is 11.5 Å². The number of aromatic amines is 1. The van der Waals surface area contributed by atoms with Crippen molar-refractivity contribution in [2.45, 2.75) is 46.2 Å². The number of ether oxygens (including phenoxy) is 2. The van der Waals surface area contributed by atoms with Gasteiger partial charge in [-0.2, -0.15) is 0 Å². The van der Waals surface area contributed by atoms with Gasteiger partial charge < -0.3 is 19.8 Å². The van der Waals surface area contributed by atoms with Crippen molar-refractivity contribution in [3.63, 3.8) is 0 Å². The van der Waals surface area contributed by atoms with E-state index in [1.807, 2.05) is 26.0 Å². The monoisotopic (exact) mass is 456 g/mol. The van der Waals surface area contributed by atoms with E-state index in [1.54, 1.807) is 24.5 Å². The highest BCUT2D eigenvalue weighted by molar-refractivity contribution is 7.71. The summed E-state index contributed by atoms with van der Waals surface area (Å²) in [4.78, 5) is 32.3. The zero-order valence-electron chi connectivity index (χ0n) is 18.3. The third-order valence-corrected chi connectivity index (χ3v) is 5.22. The van der Waals surface area contributed by atoms with Crippen LogP contribution < -0.4 is 20.3 Å². The highest BCUT2D eigenvalue weighted by atomic mass is 32.1. The predicted molar refractivity (Wildman–Crippen MR) is 126 cm³/mol. The third-order valence-electron chi connectivity index (χ3n) is 4.89. The number of carbonyl (C=O) groups is 1. The average molecular weight is 457 g/mol. The first-order valence-corrected chi connectivity index (χ1v) is 11.2. The second-order valence-electron chi connectivity index (χ2n) is 7.19. The molecule has 3 aromatic rings. The summed E-state index contributed by atoms with van der Waals surface area (Å²) in [6, 6.07) is 7.19. The molecule has 0 radical (unpaired) electrons. The smallest absolute Gasteiger partial charge is 0.262 e. The topological polar surface area (TPSA) is 98.2 Å². The number of hydrogen-bond acceptors (Lipinski definition) is 6. The molecule has 170 valence electrons. The molecule has 0 aliphatic rings. The molecule has 32 heavy (non-hydrogen) atoms. The fraction of sp³-hybridized carbons (Fsp3) is 0.391. The first kappa shape index (κ1) is 23.5. The van der Waals surface area contributed by atoms with E-state index in [2.05, 4.69) is 15.3 Å². The maximum Gasteiger partial charge on any atom is 0.262 e. The number of aromatic nitrogens is 3. The van der Waals surface area contributed by atoms with E-state index in [1.165, 1.54) is 4.57 Å². The molecule has 0 saturated carbocycles. The second kappa shape index (κ2) is 11.4. The van der Waals surface area contributed by atoms with Crippen LogP contribution in [0.4, 0.5) is 0 Å². The van der Waals surface area contributed by atoms with Crippen molar-refractivity contribution in [1.29, 1.82) is 0 Å². The van der Waals surface area contributed by atoms with Crippen LogP contribution in [0.2, 0.25) is 0 Å². The predicted octanol–water partition coefficient (Wildman–Crippen LogP) is 3.74. The summed E-state index contributed by atoms with van der Waals surface area (Å²) in [6.07, 6.45) is 5.10. The Morgan fingerprint density at radius 2 is 1.94 bits per heavy atom. The fourth-order valence-corrected chi connectivity index (χ4v) is 3.63. The lowest BCUT2D eigenvalue weighted by molar-refractivity contribution is -0.121. The van der Waals surface area contributed by atoms with Crippen LogP contribution in [0.1, 0.15) is 38.7 Å². The van der Waals surface area contributed by atoms with Crippen LogP contribution in [0, 0.1) is 4.77 Å². The molecule has 2 aromatic heterocycles. The number of carbonyl (C=O) groups excluding carboxylic acids is 1. The Morgan fingerprint density at radius 3 is 2.62 bits per heavy atom. The van der Waals surface area contributed by atoms with E-state index in [-0.39, 0.29) is 11.5 Å². The SMILES string of the molecule is CCOc1cc2[nH]c(=S)n(CCCCC(=O)NCc3cccnc3)c(=O)c2cc1OCC. The molecule has 9 heteroatoms. The maximum absolute atomic E-state index is 13.1. The number of rotatable bonds is 11. The molecule has 2 heterocycles. The molecule has 8 nitrogen and oxygen atoms in total. The van der Waals surface area contributed by atoms with Crippen molar-refractivity contribution in [2.75, 3.05) is 13.2 Å². The molecule has 0 aliphatic heterocycles. The molecule has 3 rings (SSSR count). The van der Waals surface area contributed by atoms with Gasteiger partial charge in [0.1, 0.15) is 0 Å². The van der Waals surface area contributed by atoms with Crippen LogP contribution in [0.15, 0.2) is 41.5 Å². The standard InChI is InChI=1S/C23H28N4O4S/c1-3-30-19-12-17-18(13-20(19)31-4-2)26-23(32)27(22(17)29)11-6-5-9-21(28)25-15-16-8-7-10-24-14-16/h7-8,10,12-14H,3-6,9,11,15H2,1-2H3,(H,25,28)(H,26,32). The minimum absolute atomic E-state index is 0.0327. The van der Waals surface area contributed by atoms with Gasteiger partial charge in [-0.3, -0.25) is 19.1 Å². The molecule has 1 aromatic carbocycles. The molecule has 0 unspecified atom stereocenters. The Bertz CT molecular complexity index is 1170. The first-order valence-electron chi connectivity index (χ1n) is 10.8. The lowest BCUT2D eigenvalue weighted by atomic mass is 10.2. The first-order chi connectivity index (χ1) is 15.5. The number of benzene rings is 1. The Hall–Kier alpha value is -3.20. The normalized spacial score (nSPS) is 10.8. The van der Waals surface area contributed by atoms with E-state index in [4.69, 9.17) is 21.7 Å². The van der Waals surface area contributed by atoms with Crippen LogP contribution in [-0.2, 0) is 17.9 Å². The molecule has 0 atom stereocenters. The minimum atomic E-state index is -0.186. The van der Waals surface area contributed by atoms with Crippen LogP contribution in [-0.4, -0.2) is 33.7 Å². The molecule has 0 saturated heterocycles. The number of nitrogens with zero attached hydrogens (tertiary/aromatic N) is 2. The third kappa shape index (κ3) is 5.94. The van der Waals surface area contributed by atoms with Gasteiger partial charge >= 0.3 is 0 Å². The van der Waals surface area contributed by atoms with Gasteiger partial charge in [0.2, 0.25) is 5.91 Å². The lowest BCUT2D eigenvalue weighted by Gasteiger charge is -2.13. The molecule has 0 fully saturated rings. The van der Waals surface area contributed by atoms with Crippen molar-refractivity contribution < 1.29 is 14.3 Å². The molecular weight excluding hydrogens is 428 g/mol. The number of unbranched alkanes of at least 4 members (excludes halogenated alkanes) is 1. The summed E-state index contributed by atoms with van der Waals surface area (Å²) in [5.41, 5.74) is 1.38. The molecule has 2 N–H and O–H groups in total. The minimum Gasteiger partial charge on any atom is -0.490 e. The van der Waals surface area contributed by atoms with Gasteiger partial charge in [0.05, 0.1) is 24.1 Å². The average Bonchev–Trinajstić information content (AvgIpc) is 2.79. The van der Waals surface area contributed by atoms with Crippen LogP contribution >= 0.6 is 12.2 Å². The Balaban J connectivity index is 1.64. The summed E-state index contributed by atoms with van der Waals surface area (Å²) in [5.74, 6) is 1.07. The van der Waals surface area contributed by atoms with Crippen LogP contribution in [0.3, 0.4) is 0 Å². The molecule has 0 aliphatic carbocycles. The number of nitrogens with one attached hydrogen (secondary N) is 2. The van der Waals surface area contributed by atoms with Crippen LogP contribution in [0.25, 0.3) is 10.9 Å². The Morgan fingerprint density at radius 1 is 1.19 bits per heavy atom. The summed E-state index contributed by atoms with van der Waals surface area (Å²) >= 11 is 5.41. The number of pyridine rings is 1. The van der Waals surface area contributed by atoms with Gasteiger partial charge in [0.25, 0.3) is 5.56 Å². The highest BCUT2D eigenvalue weighted by Crippen LogP contribution is 2.30. The lowest BCUT2D eigenvalue weighted by Crippen LogP contribution is -2.24. The van der Waals surface area contributed by atoms with E-state index in [9.17, 15) is 9.59 Å². The van der Waals surface area contributed by atoms with Gasteiger partial charge in [-0.15, -0.1) is 0 Å². The zero-order chi connectivity index (χ0) is 22.9. The Labute approximate surface area is 191 Å². The van der Waals surface area contributed by atoms with Crippen molar-refractivity contribution >= 4 is 29.0 Å². The summed E-state index contributed by atoms with van der Waals surface area (Å²) in [6.45, 7) is 5.60. The Kier molecular flexibility index (Phi) is 8.38. The van der Waals surface area contributed by atoms with Crippen molar-refractivity contribution in [3.8, 4) is 11.5 Å². The van der Waals surface area contributed by atoms with Gasteiger partial charge in [-0.25, -0.2) is 0 Å². The maximum atomic E-state index is 13.1. The summed E-state index contributed by atoms with van der Waals surface area (Å²) in [5, 5.41) is 3.36. The second-order valence-corrected chi connectivity index (χ2v) is 7.58. The number of H-pyrrole nitrogens is 1. The van der Waals surface area contributed by atoms with Crippen molar-refractivity contribution in [3.05, 3.63) is 57.3 Å². The van der Waals surface area contributed by atoms with Gasteiger partial charge in [-0.1, -0.05) is 6.07 Å². The van der Waals surface area contributed by atoms with Crippen molar-refractivity contribution in [2.24, 2.45) is 0 Å². The molecule has 0 spiro atoms. The highest BCUT2D eigenvalue weighted by Gasteiger charge is 2.13. The van der Waals surface area contributed by atoms with E-state index in [0.717, 1.165) is 5.56 Å². The number of hydrogen-bond donors (Lipinski definition) is 2. The largest absolute Gasteiger partial charge is 0.490 e. The molecular formula is C23H28N4O4S. The quantitative estimate of drug-likeness (QED) is 0.337. The van der Waals surface area contributed by atoms with Gasteiger partial charge in [0.15, 0.2) is 16.3 Å². The van der Waals surface area contributed by atoms with E-state index < -0.39 is 0 Å². The van der Waals surface area contributed by atoms with Gasteiger partial charge in [-0.05, 0) is 56.6 Å². The van der Waals surface area contributed by atoms with Crippen molar-refractivity contribution in [1.82, 2.24) is 19.9 Å². The fourth-order valence-electron chi connectivity index (χ4n) is 3.35.